The number of hydrogen-bond donors (Lipinski definition) is 3. The molecule has 0 aromatic heterocycles. The fourth-order valence-electron chi connectivity index (χ4n) is 0.489. The van der Waals surface area contributed by atoms with Gasteiger partial charge in [0.1, 0.15) is 6.79 Å². The van der Waals surface area contributed by atoms with Gasteiger partial charge in [0.15, 0.2) is 6.79 Å². The van der Waals surface area contributed by atoms with Crippen LogP contribution in [-0.4, -0.2) is 65.5 Å². The molecule has 0 aliphatic heterocycles. The van der Waals surface area contributed by atoms with Gasteiger partial charge in [-0.05, 0) is 0 Å². The Morgan fingerprint density at radius 3 is 0.960 bits per heavy atom. The second-order valence-corrected chi connectivity index (χ2v) is 3.38. The maximum Gasteiger partial charge on any atom is 0.310 e. The van der Waals surface area contributed by atoms with Crippen molar-refractivity contribution in [2.75, 3.05) is 20.4 Å². The van der Waals surface area contributed by atoms with Gasteiger partial charge in [-0.2, -0.15) is 0 Å². The number of carbonyl (C=O) groups excluding carboxylic acids is 5. The van der Waals surface area contributed by atoms with Crippen LogP contribution in [0, 0.1) is 0 Å². The third kappa shape index (κ3) is 74.4. The number of aliphatic hydroxyl groups is 3. The van der Waals surface area contributed by atoms with E-state index >= 15 is 0 Å². The molecule has 0 saturated carbocycles. The molecule has 0 spiro atoms. The molecule has 3 N–H and O–H groups in total. The average Bonchev–Trinajstić information content (AvgIpc) is 2.38. The molecule has 0 saturated heterocycles. The number of aliphatic hydroxyl groups excluding tert-OH is 2. The first-order chi connectivity index (χ1) is 11.4. The van der Waals surface area contributed by atoms with Gasteiger partial charge in [-0.3, -0.25) is 24.0 Å². The van der Waals surface area contributed by atoms with Crippen molar-refractivity contribution in [1.82, 2.24) is 0 Å². The van der Waals surface area contributed by atoms with Crippen molar-refractivity contribution in [3.05, 3.63) is 0 Å². The summed E-state index contributed by atoms with van der Waals surface area (Å²) in [5, 5.41) is 22.0. The topological polar surface area (TPSA) is 183 Å². The molecule has 12 heteroatoms. The zero-order valence-corrected chi connectivity index (χ0v) is 14.6. The van der Waals surface area contributed by atoms with E-state index < -0.39 is 43.4 Å². The molecule has 0 aromatic rings. The highest BCUT2D eigenvalue weighted by atomic mass is 16.7. The molecule has 12 nitrogen and oxygen atoms in total. The van der Waals surface area contributed by atoms with Gasteiger partial charge in [0, 0.05) is 34.6 Å². The highest BCUT2D eigenvalue weighted by molar-refractivity contribution is 5.82. The van der Waals surface area contributed by atoms with Crippen LogP contribution in [0.15, 0.2) is 0 Å². The largest absolute Gasteiger partial charge is 0.439 e. The molecule has 0 aliphatic carbocycles. The minimum atomic E-state index is -0.750. The number of rotatable bonds is 3. The summed E-state index contributed by atoms with van der Waals surface area (Å²) in [4.78, 5) is 49.3. The second kappa shape index (κ2) is 23.7. The van der Waals surface area contributed by atoms with Crippen LogP contribution in [0.5, 0.6) is 0 Å². The van der Waals surface area contributed by atoms with Crippen LogP contribution in [0.2, 0.25) is 0 Å². The van der Waals surface area contributed by atoms with E-state index in [1.54, 1.807) is 0 Å². The summed E-state index contributed by atoms with van der Waals surface area (Å²) >= 11 is 0. The summed E-state index contributed by atoms with van der Waals surface area (Å²) in [5.74, 6) is -2.51. The van der Waals surface area contributed by atoms with Crippen LogP contribution >= 0.6 is 0 Å². The van der Waals surface area contributed by atoms with E-state index in [-0.39, 0.29) is 6.79 Å². The van der Waals surface area contributed by atoms with Crippen molar-refractivity contribution in [3.8, 4) is 0 Å². The number of carbonyl (C=O) groups is 5. The van der Waals surface area contributed by atoms with Crippen molar-refractivity contribution < 1.29 is 58.2 Å². The van der Waals surface area contributed by atoms with Gasteiger partial charge < -0.3 is 34.3 Å². The molecule has 25 heavy (non-hydrogen) atoms. The van der Waals surface area contributed by atoms with Crippen LogP contribution < -0.4 is 0 Å². The molecule has 0 rings (SSSR count). The van der Waals surface area contributed by atoms with E-state index in [1.807, 2.05) is 0 Å². The summed E-state index contributed by atoms with van der Waals surface area (Å²) in [6.45, 7) is 4.52. The number of ether oxygens (including phenoxy) is 4. The Morgan fingerprint density at radius 1 is 0.600 bits per heavy atom. The van der Waals surface area contributed by atoms with Crippen molar-refractivity contribution in [3.63, 3.8) is 0 Å². The normalized spacial score (nSPS) is 7.68. The Balaban J connectivity index is -0.000000125. The third-order valence-electron chi connectivity index (χ3n) is 1.08. The lowest BCUT2D eigenvalue weighted by Gasteiger charge is -1.99. The third-order valence-corrected chi connectivity index (χ3v) is 1.08. The van der Waals surface area contributed by atoms with E-state index in [1.165, 1.54) is 34.6 Å². The maximum atomic E-state index is 10.0. The fourth-order valence-corrected chi connectivity index (χ4v) is 0.489. The molecule has 0 heterocycles. The Morgan fingerprint density at radius 2 is 0.880 bits per heavy atom. The molecule has 148 valence electrons. The van der Waals surface area contributed by atoms with E-state index in [4.69, 9.17) is 15.3 Å². The van der Waals surface area contributed by atoms with Crippen LogP contribution in [0.3, 0.4) is 0 Å². The highest BCUT2D eigenvalue weighted by Gasteiger charge is 1.94. The SMILES string of the molecule is CC(=O)OC(C)=O.CC(=O)OCO.CC(=O)OCOC(C)=O.OCO. The summed E-state index contributed by atoms with van der Waals surface area (Å²) in [5.41, 5.74) is 0. The van der Waals surface area contributed by atoms with Crippen molar-refractivity contribution in [2.45, 2.75) is 34.6 Å². The minimum absolute atomic E-state index is 0.287. The van der Waals surface area contributed by atoms with Gasteiger partial charge >= 0.3 is 29.8 Å². The maximum absolute atomic E-state index is 10.0. The summed E-state index contributed by atoms with van der Waals surface area (Å²) in [6, 6.07) is 0. The molecule has 0 bridgehead atoms. The van der Waals surface area contributed by atoms with Gasteiger partial charge in [-0.1, -0.05) is 0 Å². The predicted molar refractivity (Wildman–Crippen MR) is 79.0 cm³/mol. The molecule has 0 atom stereocenters. The minimum Gasteiger partial charge on any atom is -0.439 e. The number of esters is 5. The van der Waals surface area contributed by atoms with E-state index in [0.29, 0.717) is 0 Å². The first-order valence-corrected chi connectivity index (χ1v) is 6.36. The lowest BCUT2D eigenvalue weighted by atomic mass is 10.7. The zero-order chi connectivity index (χ0) is 20.8. The van der Waals surface area contributed by atoms with Gasteiger partial charge in [-0.25, -0.2) is 0 Å². The lowest BCUT2D eigenvalue weighted by molar-refractivity contribution is -0.164. The van der Waals surface area contributed by atoms with Gasteiger partial charge in [0.2, 0.25) is 6.79 Å². The molecule has 0 aromatic carbocycles. The van der Waals surface area contributed by atoms with Crippen molar-refractivity contribution >= 4 is 29.8 Å². The smallest absolute Gasteiger partial charge is 0.310 e. The molecular weight excluding hydrogens is 348 g/mol. The second-order valence-electron chi connectivity index (χ2n) is 3.38. The quantitative estimate of drug-likeness (QED) is 0.228. The molecular formula is C13H24O12. The molecule has 0 amide bonds. The van der Waals surface area contributed by atoms with Crippen LogP contribution in [0.4, 0.5) is 0 Å². The molecule has 0 unspecified atom stereocenters. The fraction of sp³-hybridized carbons (Fsp3) is 0.615. The van der Waals surface area contributed by atoms with E-state index in [2.05, 4.69) is 18.9 Å². The van der Waals surface area contributed by atoms with Gasteiger partial charge in [0.25, 0.3) is 0 Å². The van der Waals surface area contributed by atoms with Crippen molar-refractivity contribution in [2.24, 2.45) is 0 Å². The van der Waals surface area contributed by atoms with Crippen LogP contribution in [-0.2, 0) is 42.9 Å². The van der Waals surface area contributed by atoms with E-state index in [9.17, 15) is 24.0 Å². The lowest BCUT2D eigenvalue weighted by Crippen LogP contribution is -2.07. The summed E-state index contributed by atoms with van der Waals surface area (Å²) in [7, 11) is 0. The Hall–Kier alpha value is -2.57. The summed E-state index contributed by atoms with van der Waals surface area (Å²) in [6.07, 6.45) is 0. The van der Waals surface area contributed by atoms with Gasteiger partial charge in [-0.15, -0.1) is 0 Å². The average molecular weight is 372 g/mol. The Kier molecular flexibility index (Phi) is 28.7. The number of hydrogen-bond acceptors (Lipinski definition) is 12. The molecule has 0 aliphatic rings. The van der Waals surface area contributed by atoms with Crippen molar-refractivity contribution in [1.29, 1.82) is 0 Å². The zero-order valence-electron chi connectivity index (χ0n) is 14.6. The highest BCUT2D eigenvalue weighted by Crippen LogP contribution is 1.79. The van der Waals surface area contributed by atoms with Crippen LogP contribution in [0.25, 0.3) is 0 Å². The molecule has 0 fully saturated rings. The Bertz CT molecular complexity index is 364. The van der Waals surface area contributed by atoms with Gasteiger partial charge in [0.05, 0.1) is 0 Å². The van der Waals surface area contributed by atoms with E-state index in [0.717, 1.165) is 0 Å². The standard InChI is InChI=1S/C5H8O4.C4H6O3.C3H6O3.CH4O2/c1-4(6)8-3-9-5(2)7;1-3(5)7-4(2)6;1-3(5)6-2-4;2-1-3/h3H2,1-2H3;1-2H3;4H,2H2,1H3;2-3H,1H2. The predicted octanol–water partition coefficient (Wildman–Crippen LogP) is -1.41. The van der Waals surface area contributed by atoms with Crippen LogP contribution in [0.1, 0.15) is 34.6 Å². The summed E-state index contributed by atoms with van der Waals surface area (Å²) < 4.78 is 16.5. The Labute approximate surface area is 144 Å². The first-order valence-electron chi connectivity index (χ1n) is 6.36. The first kappa shape index (κ1) is 30.3. The molecule has 0 radical (unpaired) electrons. The monoisotopic (exact) mass is 372 g/mol.